The van der Waals surface area contributed by atoms with Crippen LogP contribution >= 0.6 is 23.2 Å². The predicted octanol–water partition coefficient (Wildman–Crippen LogP) is 5.57. The number of nitrogens with one attached hydrogen (secondary N) is 1. The van der Waals surface area contributed by atoms with Gasteiger partial charge in [-0.15, -0.1) is 0 Å². The summed E-state index contributed by atoms with van der Waals surface area (Å²) >= 11 is 12.6. The summed E-state index contributed by atoms with van der Waals surface area (Å²) in [6.45, 7) is 1.39. The Morgan fingerprint density at radius 1 is 0.933 bits per heavy atom. The van der Waals surface area contributed by atoms with Crippen LogP contribution in [0.1, 0.15) is 27.0 Å². The molecule has 0 bridgehead atoms. The molecule has 0 aliphatic heterocycles. The molecule has 0 atom stereocenters. The van der Waals surface area contributed by atoms with E-state index >= 15 is 0 Å². The summed E-state index contributed by atoms with van der Waals surface area (Å²) in [4.78, 5) is 10.9. The van der Waals surface area contributed by atoms with Crippen molar-refractivity contribution in [3.8, 4) is 11.5 Å². The van der Waals surface area contributed by atoms with Gasteiger partial charge in [-0.2, -0.15) is 0 Å². The monoisotopic (exact) mass is 445 g/mol. The van der Waals surface area contributed by atoms with E-state index in [-0.39, 0.29) is 5.56 Å². The Labute approximate surface area is 185 Å². The molecule has 0 aliphatic rings. The van der Waals surface area contributed by atoms with E-state index in [2.05, 4.69) is 5.32 Å². The largest absolute Gasteiger partial charge is 0.493 e. The Hall–Kier alpha value is -2.73. The van der Waals surface area contributed by atoms with Crippen molar-refractivity contribution in [3.63, 3.8) is 0 Å². The molecule has 0 aliphatic carbocycles. The lowest BCUT2D eigenvalue weighted by atomic mass is 10.1. The van der Waals surface area contributed by atoms with Gasteiger partial charge in [0.1, 0.15) is 6.61 Å². The Balaban J connectivity index is 1.63. The predicted molar refractivity (Wildman–Crippen MR) is 118 cm³/mol. The number of carboxylic acid groups (broad SMARTS) is 1. The number of aromatic carboxylic acids is 1. The standard InChI is InChI=1S/C23H21Cl2NO4/c1-29-21-10-18(13-26-12-15-6-8-16(9-7-15)23(27)28)20(25)11-22(21)30-14-17-4-2-3-5-19(17)24/h2-11,26H,12-14H2,1H3,(H,27,28). The van der Waals surface area contributed by atoms with Crippen LogP contribution in [-0.2, 0) is 19.7 Å². The maximum Gasteiger partial charge on any atom is 0.335 e. The molecule has 0 spiro atoms. The molecule has 0 saturated carbocycles. The van der Waals surface area contributed by atoms with Gasteiger partial charge >= 0.3 is 5.97 Å². The minimum atomic E-state index is -0.940. The highest BCUT2D eigenvalue weighted by atomic mass is 35.5. The van der Waals surface area contributed by atoms with Gasteiger partial charge in [-0.3, -0.25) is 0 Å². The fourth-order valence-electron chi connectivity index (χ4n) is 2.86. The number of methoxy groups -OCH3 is 1. The molecule has 7 heteroatoms. The van der Waals surface area contributed by atoms with Crippen LogP contribution in [0.2, 0.25) is 10.0 Å². The van der Waals surface area contributed by atoms with Crippen molar-refractivity contribution in [1.29, 1.82) is 0 Å². The number of hydrogen-bond acceptors (Lipinski definition) is 4. The first kappa shape index (κ1) is 22.0. The second-order valence-corrected chi connectivity index (χ2v) is 7.39. The Bertz CT molecular complexity index is 1020. The molecule has 2 N–H and O–H groups in total. The highest BCUT2D eigenvalue weighted by Gasteiger charge is 2.12. The average Bonchev–Trinajstić information content (AvgIpc) is 2.74. The number of halogens is 2. The van der Waals surface area contributed by atoms with Crippen LogP contribution in [0.25, 0.3) is 0 Å². The molecule has 0 heterocycles. The van der Waals surface area contributed by atoms with Crippen LogP contribution in [-0.4, -0.2) is 18.2 Å². The maximum atomic E-state index is 10.9. The number of hydrogen-bond donors (Lipinski definition) is 2. The van der Waals surface area contributed by atoms with Crippen molar-refractivity contribution in [2.24, 2.45) is 0 Å². The van der Waals surface area contributed by atoms with E-state index in [0.29, 0.717) is 41.2 Å². The van der Waals surface area contributed by atoms with Crippen LogP contribution in [0.5, 0.6) is 11.5 Å². The molecule has 30 heavy (non-hydrogen) atoms. The highest BCUT2D eigenvalue weighted by molar-refractivity contribution is 6.31. The first-order valence-electron chi connectivity index (χ1n) is 9.23. The Morgan fingerprint density at radius 3 is 2.33 bits per heavy atom. The molecule has 0 amide bonds. The van der Waals surface area contributed by atoms with E-state index in [0.717, 1.165) is 16.7 Å². The van der Waals surface area contributed by atoms with E-state index in [1.807, 2.05) is 30.3 Å². The summed E-state index contributed by atoms with van der Waals surface area (Å²) in [5, 5.41) is 13.5. The number of ether oxygens (including phenoxy) is 2. The van der Waals surface area contributed by atoms with Gasteiger partial charge in [0.2, 0.25) is 0 Å². The lowest BCUT2D eigenvalue weighted by molar-refractivity contribution is 0.0697. The molecule has 0 fully saturated rings. The third-order valence-electron chi connectivity index (χ3n) is 4.52. The van der Waals surface area contributed by atoms with E-state index < -0.39 is 5.97 Å². The van der Waals surface area contributed by atoms with Crippen molar-refractivity contribution >= 4 is 29.2 Å². The highest BCUT2D eigenvalue weighted by Crippen LogP contribution is 2.34. The second-order valence-electron chi connectivity index (χ2n) is 6.58. The van der Waals surface area contributed by atoms with E-state index in [4.69, 9.17) is 37.8 Å². The zero-order valence-corrected chi connectivity index (χ0v) is 17.8. The average molecular weight is 446 g/mol. The number of carbonyl (C=O) groups is 1. The van der Waals surface area contributed by atoms with Gasteiger partial charge in [0.15, 0.2) is 11.5 Å². The summed E-state index contributed by atoms with van der Waals surface area (Å²) in [6, 6.07) is 17.8. The SMILES string of the molecule is COc1cc(CNCc2ccc(C(=O)O)cc2)c(Cl)cc1OCc1ccccc1Cl. The topological polar surface area (TPSA) is 67.8 Å². The normalized spacial score (nSPS) is 10.6. The molecular formula is C23H21Cl2NO4. The van der Waals surface area contributed by atoms with Crippen LogP contribution in [0, 0.1) is 0 Å². The summed E-state index contributed by atoms with van der Waals surface area (Å²) in [7, 11) is 1.58. The second kappa shape index (κ2) is 10.3. The van der Waals surface area contributed by atoms with Crippen molar-refractivity contribution in [2.75, 3.05) is 7.11 Å². The van der Waals surface area contributed by atoms with Crippen LogP contribution in [0.4, 0.5) is 0 Å². The van der Waals surface area contributed by atoms with Crippen molar-refractivity contribution in [3.05, 3.63) is 93.0 Å². The van der Waals surface area contributed by atoms with E-state index in [9.17, 15) is 4.79 Å². The summed E-state index contributed by atoms with van der Waals surface area (Å²) in [5.74, 6) is 0.176. The summed E-state index contributed by atoms with van der Waals surface area (Å²) in [5.41, 5.74) is 2.97. The van der Waals surface area contributed by atoms with Gasteiger partial charge in [0, 0.05) is 34.8 Å². The number of benzene rings is 3. The molecule has 3 aromatic rings. The maximum absolute atomic E-state index is 10.9. The molecule has 0 aromatic heterocycles. The van der Waals surface area contributed by atoms with E-state index in [1.54, 1.807) is 37.4 Å². The minimum absolute atomic E-state index is 0.263. The molecule has 3 rings (SSSR count). The first-order chi connectivity index (χ1) is 14.5. The van der Waals surface area contributed by atoms with Crippen LogP contribution < -0.4 is 14.8 Å². The smallest absolute Gasteiger partial charge is 0.335 e. The quantitative estimate of drug-likeness (QED) is 0.450. The Morgan fingerprint density at radius 2 is 1.67 bits per heavy atom. The van der Waals surface area contributed by atoms with Gasteiger partial charge < -0.3 is 19.9 Å². The molecule has 0 saturated heterocycles. The van der Waals surface area contributed by atoms with Gasteiger partial charge in [-0.1, -0.05) is 53.5 Å². The van der Waals surface area contributed by atoms with Gasteiger partial charge in [0.05, 0.1) is 12.7 Å². The summed E-state index contributed by atoms with van der Waals surface area (Å²) < 4.78 is 11.3. The van der Waals surface area contributed by atoms with Crippen molar-refractivity contribution in [1.82, 2.24) is 5.32 Å². The summed E-state index contributed by atoms with van der Waals surface area (Å²) in [6.07, 6.45) is 0. The number of rotatable bonds is 9. The molecule has 0 radical (unpaired) electrons. The molecule has 156 valence electrons. The van der Waals surface area contributed by atoms with Crippen molar-refractivity contribution < 1.29 is 19.4 Å². The van der Waals surface area contributed by atoms with Crippen molar-refractivity contribution in [2.45, 2.75) is 19.7 Å². The molecule has 0 unspecified atom stereocenters. The lowest BCUT2D eigenvalue weighted by Crippen LogP contribution is -2.13. The minimum Gasteiger partial charge on any atom is -0.493 e. The third-order valence-corrected chi connectivity index (χ3v) is 5.24. The fraction of sp³-hybridized carbons (Fsp3) is 0.174. The van der Waals surface area contributed by atoms with E-state index in [1.165, 1.54) is 0 Å². The lowest BCUT2D eigenvalue weighted by Gasteiger charge is -2.15. The Kier molecular flexibility index (Phi) is 7.57. The number of carboxylic acids is 1. The molecular weight excluding hydrogens is 425 g/mol. The zero-order valence-electron chi connectivity index (χ0n) is 16.3. The van der Waals surface area contributed by atoms with Gasteiger partial charge in [0.25, 0.3) is 0 Å². The van der Waals surface area contributed by atoms with Crippen LogP contribution in [0.15, 0.2) is 60.7 Å². The molecule has 5 nitrogen and oxygen atoms in total. The third kappa shape index (κ3) is 5.66. The van der Waals surface area contributed by atoms with Gasteiger partial charge in [-0.25, -0.2) is 4.79 Å². The van der Waals surface area contributed by atoms with Gasteiger partial charge in [-0.05, 0) is 35.4 Å². The van der Waals surface area contributed by atoms with Crippen LogP contribution in [0.3, 0.4) is 0 Å². The molecule has 3 aromatic carbocycles. The first-order valence-corrected chi connectivity index (χ1v) is 9.99. The fourth-order valence-corrected chi connectivity index (χ4v) is 3.27. The zero-order chi connectivity index (χ0) is 21.5.